The molecule has 0 saturated carbocycles. The maximum absolute atomic E-state index is 5.28. The average Bonchev–Trinajstić information content (AvgIpc) is 3.75. The van der Waals surface area contributed by atoms with E-state index >= 15 is 0 Å². The summed E-state index contributed by atoms with van der Waals surface area (Å²) in [5, 5.41) is 0. The van der Waals surface area contributed by atoms with Gasteiger partial charge in [-0.25, -0.2) is 9.97 Å². The summed E-state index contributed by atoms with van der Waals surface area (Å²) in [5.74, 6) is 0. The van der Waals surface area contributed by atoms with Gasteiger partial charge in [-0.2, -0.15) is 0 Å². The van der Waals surface area contributed by atoms with Gasteiger partial charge in [-0.1, -0.05) is 48.5 Å². The SMILES string of the molecule is c1ccc2c(c1)CC1=C(C2)c2cc3ccc(cc4ccc(cc5nc(cc1n2)C1=C5Cc2ccccc2C1)[nH]4)[nH]3. The largest absolute Gasteiger partial charge is 0.355 e. The van der Waals surface area contributed by atoms with Gasteiger partial charge in [0, 0.05) is 47.8 Å². The Balaban J connectivity index is 1.33. The highest BCUT2D eigenvalue weighted by molar-refractivity contribution is 5.99. The molecule has 0 radical (unpaired) electrons. The van der Waals surface area contributed by atoms with Gasteiger partial charge in [-0.05, 0) is 93.1 Å². The maximum atomic E-state index is 5.28. The monoisotopic (exact) mass is 514 g/mol. The quantitative estimate of drug-likeness (QED) is 0.222. The Morgan fingerprint density at radius 1 is 0.375 bits per heavy atom. The first-order valence-corrected chi connectivity index (χ1v) is 14.0. The summed E-state index contributed by atoms with van der Waals surface area (Å²) < 4.78 is 0. The van der Waals surface area contributed by atoms with Gasteiger partial charge in [0.15, 0.2) is 0 Å². The first-order valence-electron chi connectivity index (χ1n) is 14.0. The smallest absolute Gasteiger partial charge is 0.0697 e. The third-order valence-corrected chi connectivity index (χ3v) is 8.78. The van der Waals surface area contributed by atoms with Crippen LogP contribution in [0.3, 0.4) is 0 Å². The fourth-order valence-electron chi connectivity index (χ4n) is 6.77. The van der Waals surface area contributed by atoms with Crippen LogP contribution in [0.2, 0.25) is 0 Å². The van der Waals surface area contributed by atoms with Crippen molar-refractivity contribution in [1.29, 1.82) is 0 Å². The third-order valence-electron chi connectivity index (χ3n) is 8.78. The zero-order chi connectivity index (χ0) is 26.2. The van der Waals surface area contributed by atoms with Crippen molar-refractivity contribution >= 4 is 44.4 Å². The molecule has 9 rings (SSSR count). The van der Waals surface area contributed by atoms with Crippen molar-refractivity contribution in [3.63, 3.8) is 0 Å². The number of aromatic nitrogens is 4. The molecule has 4 aliphatic rings. The summed E-state index contributed by atoms with van der Waals surface area (Å²) in [7, 11) is 0. The highest BCUT2D eigenvalue weighted by Crippen LogP contribution is 2.43. The molecule has 0 atom stereocenters. The zero-order valence-corrected chi connectivity index (χ0v) is 22.0. The van der Waals surface area contributed by atoms with E-state index in [-0.39, 0.29) is 0 Å². The van der Waals surface area contributed by atoms with E-state index in [1.165, 1.54) is 44.5 Å². The molecule has 5 heterocycles. The van der Waals surface area contributed by atoms with E-state index in [2.05, 4.69) is 107 Å². The maximum Gasteiger partial charge on any atom is 0.0697 e. The number of nitrogens with zero attached hydrogens (tertiary/aromatic N) is 2. The molecule has 5 aromatic rings. The van der Waals surface area contributed by atoms with E-state index < -0.39 is 0 Å². The second-order valence-corrected chi connectivity index (χ2v) is 11.2. The molecule has 2 aliphatic heterocycles. The Labute approximate surface area is 231 Å². The van der Waals surface area contributed by atoms with Crippen LogP contribution in [0.25, 0.3) is 44.4 Å². The molecule has 3 aromatic heterocycles. The predicted molar refractivity (Wildman–Crippen MR) is 162 cm³/mol. The van der Waals surface area contributed by atoms with E-state index in [1.54, 1.807) is 0 Å². The predicted octanol–water partition coefficient (Wildman–Crippen LogP) is 7.73. The van der Waals surface area contributed by atoms with Gasteiger partial charge in [-0.3, -0.25) is 0 Å². The van der Waals surface area contributed by atoms with Gasteiger partial charge >= 0.3 is 0 Å². The Morgan fingerprint density at radius 3 is 1.07 bits per heavy atom. The molecule has 4 nitrogen and oxygen atoms in total. The Hall–Kier alpha value is -4.96. The van der Waals surface area contributed by atoms with Gasteiger partial charge in [0.1, 0.15) is 0 Å². The molecule has 4 heteroatoms. The molecule has 0 spiro atoms. The van der Waals surface area contributed by atoms with Crippen molar-refractivity contribution in [2.75, 3.05) is 0 Å². The minimum absolute atomic E-state index is 0.900. The summed E-state index contributed by atoms with van der Waals surface area (Å²) >= 11 is 0. The van der Waals surface area contributed by atoms with Crippen LogP contribution in [0.15, 0.2) is 97.1 Å². The van der Waals surface area contributed by atoms with E-state index in [0.717, 1.165) is 70.5 Å². The van der Waals surface area contributed by atoms with Crippen LogP contribution < -0.4 is 0 Å². The molecule has 8 bridgehead atoms. The van der Waals surface area contributed by atoms with Gasteiger partial charge in [0.25, 0.3) is 0 Å². The van der Waals surface area contributed by atoms with Crippen LogP contribution in [0.1, 0.15) is 45.0 Å². The molecular formula is C36H26N4. The third kappa shape index (κ3) is 3.46. The molecular weight excluding hydrogens is 488 g/mol. The van der Waals surface area contributed by atoms with E-state index in [1.807, 2.05) is 0 Å². The Bertz CT molecular complexity index is 1970. The number of nitrogens with one attached hydrogen (secondary N) is 2. The number of hydrogen-bond donors (Lipinski definition) is 2. The highest BCUT2D eigenvalue weighted by Gasteiger charge is 2.29. The normalized spacial score (nSPS) is 15.4. The number of allylic oxidation sites excluding steroid dienone is 4. The minimum atomic E-state index is 0.900. The lowest BCUT2D eigenvalue weighted by atomic mass is 9.83. The van der Waals surface area contributed by atoms with Gasteiger partial charge < -0.3 is 9.97 Å². The van der Waals surface area contributed by atoms with E-state index in [9.17, 15) is 0 Å². The van der Waals surface area contributed by atoms with Gasteiger partial charge in [0.2, 0.25) is 0 Å². The summed E-state index contributed by atoms with van der Waals surface area (Å²) in [6, 6.07) is 35.0. The van der Waals surface area contributed by atoms with Crippen molar-refractivity contribution in [1.82, 2.24) is 19.9 Å². The second-order valence-electron chi connectivity index (χ2n) is 11.2. The molecule has 2 aromatic carbocycles. The summed E-state index contributed by atoms with van der Waals surface area (Å²) in [6.45, 7) is 0. The van der Waals surface area contributed by atoms with Crippen molar-refractivity contribution < 1.29 is 0 Å². The molecule has 2 aliphatic carbocycles. The van der Waals surface area contributed by atoms with Gasteiger partial charge in [-0.15, -0.1) is 0 Å². The van der Waals surface area contributed by atoms with Crippen molar-refractivity contribution in [3.05, 3.63) is 142 Å². The number of H-pyrrole nitrogens is 2. The molecule has 2 N–H and O–H groups in total. The average molecular weight is 515 g/mol. The van der Waals surface area contributed by atoms with Crippen molar-refractivity contribution in [3.8, 4) is 0 Å². The molecule has 0 unspecified atom stereocenters. The lowest BCUT2D eigenvalue weighted by molar-refractivity contribution is 1.13. The number of hydrogen-bond acceptors (Lipinski definition) is 2. The topological polar surface area (TPSA) is 57.4 Å². The lowest BCUT2D eigenvalue weighted by Crippen LogP contribution is -2.05. The summed E-state index contributed by atoms with van der Waals surface area (Å²) in [5.41, 5.74) is 19.4. The van der Waals surface area contributed by atoms with Crippen molar-refractivity contribution in [2.45, 2.75) is 25.7 Å². The number of fused-ring (bicyclic) bond motifs is 14. The zero-order valence-electron chi connectivity index (χ0n) is 22.0. The van der Waals surface area contributed by atoms with Gasteiger partial charge in [0.05, 0.1) is 22.8 Å². The summed E-state index contributed by atoms with van der Waals surface area (Å²) in [4.78, 5) is 17.7. The standard InChI is InChI=1S/C36H26N4/c1-3-7-23-15-31-29(13-21(23)5-1)33-18-27-11-9-25(37-27)17-26-10-12-28(38-26)19-34-30-14-22-6-2-4-8-24(22)16-32(30)36(40-34)20-35(31)39-33/h1-12,17-20,37-38H,13-16H2. The van der Waals surface area contributed by atoms with Crippen LogP contribution in [0.4, 0.5) is 0 Å². The number of benzene rings is 2. The van der Waals surface area contributed by atoms with Crippen LogP contribution in [-0.4, -0.2) is 19.9 Å². The fraction of sp³-hybridized carbons (Fsp3) is 0.111. The van der Waals surface area contributed by atoms with Crippen LogP contribution in [-0.2, 0) is 25.7 Å². The van der Waals surface area contributed by atoms with Crippen molar-refractivity contribution in [2.24, 2.45) is 0 Å². The molecule has 190 valence electrons. The first-order chi connectivity index (χ1) is 19.7. The second kappa shape index (κ2) is 8.27. The number of rotatable bonds is 0. The Kier molecular flexibility index (Phi) is 4.53. The summed E-state index contributed by atoms with van der Waals surface area (Å²) in [6.07, 6.45) is 3.61. The van der Waals surface area contributed by atoms with Crippen LogP contribution in [0, 0.1) is 0 Å². The Morgan fingerprint density at radius 2 is 0.700 bits per heavy atom. The van der Waals surface area contributed by atoms with Crippen LogP contribution >= 0.6 is 0 Å². The lowest BCUT2D eigenvalue weighted by Gasteiger charge is -2.19. The van der Waals surface area contributed by atoms with E-state index in [4.69, 9.17) is 9.97 Å². The molecule has 0 fully saturated rings. The number of aromatic amines is 2. The minimum Gasteiger partial charge on any atom is -0.355 e. The molecule has 0 saturated heterocycles. The first kappa shape index (κ1) is 21.9. The van der Waals surface area contributed by atoms with Crippen LogP contribution in [0.5, 0.6) is 0 Å². The fourth-order valence-corrected chi connectivity index (χ4v) is 6.77. The molecule has 0 amide bonds. The van der Waals surface area contributed by atoms with E-state index in [0.29, 0.717) is 0 Å². The highest BCUT2D eigenvalue weighted by atomic mass is 14.8. The molecule has 40 heavy (non-hydrogen) atoms.